The highest BCUT2D eigenvalue weighted by Crippen LogP contribution is 2.34. The van der Waals surface area contributed by atoms with E-state index in [1.165, 1.54) is 180 Å². The van der Waals surface area contributed by atoms with E-state index in [2.05, 4.69) is 27.7 Å². The first-order valence-electron chi connectivity index (χ1n) is 30.5. The lowest BCUT2D eigenvalue weighted by Gasteiger charge is -2.17. The molecule has 2 rings (SSSR count). The summed E-state index contributed by atoms with van der Waals surface area (Å²) in [4.78, 5) is 55.6. The van der Waals surface area contributed by atoms with E-state index >= 15 is 0 Å². The van der Waals surface area contributed by atoms with Crippen LogP contribution < -0.4 is 0 Å². The SMILES string of the molecule is CCCCCCCCCCCCOC(=O)c1ccc(-c2ccc(C(=O)OCCCCCCCCCCCC)c(S)c2C(=O)OCCCCCCCCCCCC)cc1C(=O)OCCCCCCCCCCCC. The van der Waals surface area contributed by atoms with Crippen LogP contribution in [0.1, 0.15) is 326 Å². The summed E-state index contributed by atoms with van der Waals surface area (Å²) < 4.78 is 23.3. The van der Waals surface area contributed by atoms with Gasteiger partial charge in [0.1, 0.15) is 0 Å². The van der Waals surface area contributed by atoms with Gasteiger partial charge in [0.2, 0.25) is 0 Å². The Morgan fingerprint density at radius 1 is 0.315 bits per heavy atom. The van der Waals surface area contributed by atoms with E-state index < -0.39 is 23.9 Å². The average molecular weight is 1040 g/mol. The monoisotopic (exact) mass is 1030 g/mol. The molecule has 2 aromatic rings. The fraction of sp³-hybridized carbons (Fsp3) is 0.750. The molecule has 8 nitrogen and oxygen atoms in total. The normalized spacial score (nSPS) is 11.2. The molecule has 0 amide bonds. The molecule has 2 aromatic carbocycles. The molecule has 0 aliphatic rings. The molecule has 416 valence electrons. The van der Waals surface area contributed by atoms with E-state index in [1.807, 2.05) is 0 Å². The van der Waals surface area contributed by atoms with Gasteiger partial charge in [-0.15, -0.1) is 12.6 Å². The van der Waals surface area contributed by atoms with Crippen LogP contribution in [0, 0.1) is 0 Å². The van der Waals surface area contributed by atoms with Crippen molar-refractivity contribution in [2.24, 2.45) is 0 Å². The maximum atomic E-state index is 14.2. The van der Waals surface area contributed by atoms with Crippen molar-refractivity contribution in [3.05, 3.63) is 52.6 Å². The third-order valence-corrected chi connectivity index (χ3v) is 14.8. The molecule has 0 aromatic heterocycles. The van der Waals surface area contributed by atoms with E-state index in [1.54, 1.807) is 30.3 Å². The molecule has 0 unspecified atom stereocenters. The quantitative estimate of drug-likeness (QED) is 0.0302. The summed E-state index contributed by atoms with van der Waals surface area (Å²) in [6, 6.07) is 8.20. The molecule has 9 heteroatoms. The molecule has 73 heavy (non-hydrogen) atoms. The minimum atomic E-state index is -0.619. The first kappa shape index (κ1) is 65.8. The van der Waals surface area contributed by atoms with E-state index in [0.717, 1.165) is 77.0 Å². The zero-order chi connectivity index (χ0) is 52.8. The lowest BCUT2D eigenvalue weighted by atomic mass is 9.94. The molecule has 0 bridgehead atoms. The molecule has 0 spiro atoms. The van der Waals surface area contributed by atoms with Crippen molar-refractivity contribution < 1.29 is 38.1 Å². The van der Waals surface area contributed by atoms with Crippen LogP contribution in [0.5, 0.6) is 0 Å². The van der Waals surface area contributed by atoms with Crippen molar-refractivity contribution in [2.45, 2.75) is 289 Å². The molecule has 0 saturated carbocycles. The Morgan fingerprint density at radius 3 is 0.904 bits per heavy atom. The number of unbranched alkanes of at least 4 members (excludes halogenated alkanes) is 36. The van der Waals surface area contributed by atoms with Crippen LogP contribution >= 0.6 is 12.6 Å². The smallest absolute Gasteiger partial charge is 0.339 e. The van der Waals surface area contributed by atoms with Gasteiger partial charge in [-0.05, 0) is 55.0 Å². The minimum absolute atomic E-state index is 0.0722. The van der Waals surface area contributed by atoms with Gasteiger partial charge in [0.25, 0.3) is 0 Å². The Labute approximate surface area is 452 Å². The Kier molecular flexibility index (Phi) is 41.5. The second-order valence-electron chi connectivity index (χ2n) is 20.9. The van der Waals surface area contributed by atoms with Crippen LogP contribution in [-0.2, 0) is 18.9 Å². The van der Waals surface area contributed by atoms with Gasteiger partial charge >= 0.3 is 23.9 Å². The highest BCUT2D eigenvalue weighted by Gasteiger charge is 2.27. The molecule has 0 radical (unpaired) electrons. The van der Waals surface area contributed by atoms with Crippen LogP contribution in [0.2, 0.25) is 0 Å². The van der Waals surface area contributed by atoms with Crippen LogP contribution in [-0.4, -0.2) is 50.3 Å². The predicted octanol–water partition coefficient (Wildman–Crippen LogP) is 20.0. The maximum absolute atomic E-state index is 14.2. The van der Waals surface area contributed by atoms with Crippen molar-refractivity contribution in [1.29, 1.82) is 0 Å². The molecule has 0 aliphatic heterocycles. The topological polar surface area (TPSA) is 105 Å². The Morgan fingerprint density at radius 2 is 0.575 bits per heavy atom. The fourth-order valence-corrected chi connectivity index (χ4v) is 9.96. The summed E-state index contributed by atoms with van der Waals surface area (Å²) in [5, 5.41) is 0. The molecular formula is C64H106O8S. The average Bonchev–Trinajstić information content (AvgIpc) is 3.39. The second kappa shape index (κ2) is 46.0. The first-order valence-corrected chi connectivity index (χ1v) is 30.9. The summed E-state index contributed by atoms with van der Waals surface area (Å²) in [5.74, 6) is -2.36. The second-order valence-corrected chi connectivity index (χ2v) is 21.4. The molecule has 0 saturated heterocycles. The highest BCUT2D eigenvalue weighted by molar-refractivity contribution is 7.80. The van der Waals surface area contributed by atoms with Crippen LogP contribution in [0.15, 0.2) is 35.2 Å². The largest absolute Gasteiger partial charge is 0.462 e. The van der Waals surface area contributed by atoms with Gasteiger partial charge in [0, 0.05) is 4.90 Å². The van der Waals surface area contributed by atoms with Gasteiger partial charge in [-0.3, -0.25) is 0 Å². The number of carbonyl (C=O) groups excluding carboxylic acids is 4. The minimum Gasteiger partial charge on any atom is -0.462 e. The number of hydrogen-bond acceptors (Lipinski definition) is 9. The summed E-state index contributed by atoms with van der Waals surface area (Å²) in [6.07, 6.45) is 46.6. The van der Waals surface area contributed by atoms with Crippen LogP contribution in [0.3, 0.4) is 0 Å². The van der Waals surface area contributed by atoms with E-state index in [9.17, 15) is 19.2 Å². The number of carbonyl (C=O) groups is 4. The summed E-state index contributed by atoms with van der Waals surface area (Å²) >= 11 is 4.82. The Hall–Kier alpha value is -3.33. The first-order chi connectivity index (χ1) is 35.8. The molecule has 0 fully saturated rings. The number of rotatable bonds is 49. The summed E-state index contributed by atoms with van der Waals surface area (Å²) in [6.45, 7) is 9.97. The Bertz CT molecular complexity index is 1720. The third-order valence-electron chi connectivity index (χ3n) is 14.3. The number of esters is 4. The van der Waals surface area contributed by atoms with Crippen molar-refractivity contribution in [3.8, 4) is 11.1 Å². The van der Waals surface area contributed by atoms with Gasteiger partial charge in [-0.25, -0.2) is 19.2 Å². The van der Waals surface area contributed by atoms with E-state index in [0.29, 0.717) is 11.1 Å². The third kappa shape index (κ3) is 31.4. The lowest BCUT2D eigenvalue weighted by Crippen LogP contribution is -2.16. The zero-order valence-corrected chi connectivity index (χ0v) is 48.1. The summed E-state index contributed by atoms with van der Waals surface area (Å²) in [7, 11) is 0. The molecule has 0 aliphatic carbocycles. The van der Waals surface area contributed by atoms with Crippen LogP contribution in [0.25, 0.3) is 11.1 Å². The number of hydrogen-bond donors (Lipinski definition) is 1. The number of ether oxygens (including phenoxy) is 4. The van der Waals surface area contributed by atoms with E-state index in [4.69, 9.17) is 31.6 Å². The Balaban J connectivity index is 2.26. The number of thiol groups is 1. The van der Waals surface area contributed by atoms with Gasteiger partial charge in [0.15, 0.2) is 0 Å². The molecular weight excluding hydrogens is 929 g/mol. The zero-order valence-electron chi connectivity index (χ0n) is 47.2. The fourth-order valence-electron chi connectivity index (χ4n) is 9.58. The van der Waals surface area contributed by atoms with Gasteiger partial charge in [0.05, 0.1) is 48.7 Å². The van der Waals surface area contributed by atoms with Gasteiger partial charge in [-0.2, -0.15) is 0 Å². The highest BCUT2D eigenvalue weighted by atomic mass is 32.1. The van der Waals surface area contributed by atoms with Gasteiger partial charge in [-0.1, -0.05) is 271 Å². The summed E-state index contributed by atoms with van der Waals surface area (Å²) in [5.41, 5.74) is 1.40. The van der Waals surface area contributed by atoms with Crippen molar-refractivity contribution in [1.82, 2.24) is 0 Å². The number of benzene rings is 2. The van der Waals surface area contributed by atoms with Crippen molar-refractivity contribution in [2.75, 3.05) is 26.4 Å². The standard InChI is InChI=1S/C64H106O8S/c1-5-9-13-17-21-25-29-33-37-41-49-69-61(65)56-46-45-54(53-58(56)63(67)71-51-43-39-35-31-27-23-19-15-11-7-3)55-47-48-57(62(66)70-50-42-38-34-30-26-22-18-14-10-6-2)60(73)59(55)64(68)72-52-44-40-36-32-28-24-20-16-12-8-4/h45-48,53,73H,5-44,49-52H2,1-4H3. The van der Waals surface area contributed by atoms with Gasteiger partial charge < -0.3 is 18.9 Å². The maximum Gasteiger partial charge on any atom is 0.339 e. The van der Waals surface area contributed by atoms with Crippen molar-refractivity contribution >= 4 is 36.5 Å². The van der Waals surface area contributed by atoms with Crippen molar-refractivity contribution in [3.63, 3.8) is 0 Å². The predicted molar refractivity (Wildman–Crippen MR) is 308 cm³/mol. The van der Waals surface area contributed by atoms with E-state index in [-0.39, 0.29) is 53.6 Å². The molecule has 0 heterocycles. The van der Waals surface area contributed by atoms with Crippen LogP contribution in [0.4, 0.5) is 0 Å². The molecule has 0 N–H and O–H groups in total. The molecule has 0 atom stereocenters. The lowest BCUT2D eigenvalue weighted by molar-refractivity contribution is 0.0450.